The van der Waals surface area contributed by atoms with Crippen molar-refractivity contribution in [2.45, 2.75) is 23.8 Å². The van der Waals surface area contributed by atoms with Gasteiger partial charge in [-0.15, -0.1) is 0 Å². The number of para-hydroxylation sites is 1. The second-order valence-electron chi connectivity index (χ2n) is 8.81. The van der Waals surface area contributed by atoms with Crippen LogP contribution in [-0.2, 0) is 14.8 Å². The number of carbonyl (C=O) groups is 1. The zero-order chi connectivity index (χ0) is 26.9. The van der Waals surface area contributed by atoms with Crippen molar-refractivity contribution in [1.82, 2.24) is 4.98 Å². The third kappa shape index (κ3) is 5.09. The van der Waals surface area contributed by atoms with Crippen molar-refractivity contribution in [1.29, 1.82) is 0 Å². The van der Waals surface area contributed by atoms with Crippen LogP contribution in [0.15, 0.2) is 71.6 Å². The Morgan fingerprint density at radius 2 is 1.87 bits per heavy atom. The predicted octanol–water partition coefficient (Wildman–Crippen LogP) is 5.61. The number of rotatable bonds is 8. The summed E-state index contributed by atoms with van der Waals surface area (Å²) in [6.45, 7) is 0.961. The SMILES string of the molecule is COc1ccc(Cl)c2sc(N(CC3CCCO3)C(=O)c3ccc(S(=O)(=O)N(C)c4ccccc4)cc3)nc12. The third-order valence-corrected chi connectivity index (χ3v) is 9.77. The van der Waals surface area contributed by atoms with Crippen molar-refractivity contribution >= 4 is 59.9 Å². The number of aromatic nitrogens is 1. The van der Waals surface area contributed by atoms with E-state index in [0.29, 0.717) is 45.8 Å². The molecule has 1 amide bonds. The molecule has 5 rings (SSSR count). The van der Waals surface area contributed by atoms with Crippen LogP contribution in [0, 0.1) is 0 Å². The van der Waals surface area contributed by atoms with Gasteiger partial charge in [0.15, 0.2) is 5.13 Å². The molecule has 38 heavy (non-hydrogen) atoms. The number of halogens is 1. The van der Waals surface area contributed by atoms with Gasteiger partial charge in [-0.3, -0.25) is 14.0 Å². The van der Waals surface area contributed by atoms with Gasteiger partial charge in [0.25, 0.3) is 15.9 Å². The summed E-state index contributed by atoms with van der Waals surface area (Å²) in [5.41, 5.74) is 1.46. The molecule has 1 aromatic heterocycles. The van der Waals surface area contributed by atoms with E-state index in [9.17, 15) is 13.2 Å². The molecule has 198 valence electrons. The number of nitrogens with zero attached hydrogens (tertiary/aromatic N) is 3. The van der Waals surface area contributed by atoms with Crippen molar-refractivity contribution in [3.05, 3.63) is 77.3 Å². The van der Waals surface area contributed by atoms with Gasteiger partial charge in [-0.2, -0.15) is 0 Å². The van der Waals surface area contributed by atoms with E-state index in [0.717, 1.165) is 17.5 Å². The number of amides is 1. The van der Waals surface area contributed by atoms with Gasteiger partial charge in [-0.1, -0.05) is 41.1 Å². The van der Waals surface area contributed by atoms with Gasteiger partial charge in [0.1, 0.15) is 11.3 Å². The maximum Gasteiger partial charge on any atom is 0.264 e. The predicted molar refractivity (Wildman–Crippen MR) is 150 cm³/mol. The Morgan fingerprint density at radius 1 is 1.13 bits per heavy atom. The quantitative estimate of drug-likeness (QED) is 0.273. The average Bonchev–Trinajstić information content (AvgIpc) is 3.62. The van der Waals surface area contributed by atoms with Gasteiger partial charge in [0.05, 0.1) is 40.1 Å². The first-order valence-electron chi connectivity index (χ1n) is 12.0. The van der Waals surface area contributed by atoms with Crippen molar-refractivity contribution in [2.75, 3.05) is 36.5 Å². The lowest BCUT2D eigenvalue weighted by Crippen LogP contribution is -2.37. The highest BCUT2D eigenvalue weighted by Crippen LogP contribution is 2.39. The first kappa shape index (κ1) is 26.4. The zero-order valence-electron chi connectivity index (χ0n) is 20.8. The molecular weight excluding hydrogens is 546 g/mol. The monoisotopic (exact) mass is 571 g/mol. The van der Waals surface area contributed by atoms with Crippen LogP contribution in [0.4, 0.5) is 10.8 Å². The van der Waals surface area contributed by atoms with Gasteiger partial charge in [-0.05, 0) is 61.4 Å². The Hall–Kier alpha value is -3.18. The van der Waals surface area contributed by atoms with Gasteiger partial charge in [0.2, 0.25) is 0 Å². The number of hydrogen-bond acceptors (Lipinski definition) is 7. The lowest BCUT2D eigenvalue weighted by Gasteiger charge is -2.23. The van der Waals surface area contributed by atoms with Crippen LogP contribution in [-0.4, -0.2) is 52.7 Å². The van der Waals surface area contributed by atoms with Crippen LogP contribution in [0.25, 0.3) is 10.2 Å². The fourth-order valence-electron chi connectivity index (χ4n) is 4.32. The van der Waals surface area contributed by atoms with Crippen molar-refractivity contribution in [3.63, 3.8) is 0 Å². The molecule has 1 aliphatic rings. The summed E-state index contributed by atoms with van der Waals surface area (Å²) in [7, 11) is -0.749. The number of ether oxygens (including phenoxy) is 2. The maximum atomic E-state index is 13.8. The van der Waals surface area contributed by atoms with Crippen molar-refractivity contribution in [2.24, 2.45) is 0 Å². The Bertz CT molecular complexity index is 1550. The number of hydrogen-bond donors (Lipinski definition) is 0. The highest BCUT2D eigenvalue weighted by molar-refractivity contribution is 7.92. The summed E-state index contributed by atoms with van der Waals surface area (Å²) < 4.78 is 39.5. The van der Waals surface area contributed by atoms with Crippen LogP contribution in [0.1, 0.15) is 23.2 Å². The highest BCUT2D eigenvalue weighted by Gasteiger charge is 2.29. The number of thiazole rings is 1. The van der Waals surface area contributed by atoms with E-state index in [1.165, 1.54) is 47.0 Å². The zero-order valence-corrected chi connectivity index (χ0v) is 23.2. The highest BCUT2D eigenvalue weighted by atomic mass is 35.5. The summed E-state index contributed by atoms with van der Waals surface area (Å²) in [6, 6.07) is 18.2. The Morgan fingerprint density at radius 3 is 2.53 bits per heavy atom. The minimum absolute atomic E-state index is 0.0857. The molecule has 0 saturated carbocycles. The second kappa shape index (κ2) is 10.9. The molecule has 1 saturated heterocycles. The molecule has 1 unspecified atom stereocenters. The molecule has 4 aromatic rings. The van der Waals surface area contributed by atoms with Crippen molar-refractivity contribution < 1.29 is 22.7 Å². The lowest BCUT2D eigenvalue weighted by atomic mass is 10.2. The number of benzene rings is 3. The smallest absolute Gasteiger partial charge is 0.264 e. The van der Waals surface area contributed by atoms with Crippen LogP contribution >= 0.6 is 22.9 Å². The van der Waals surface area contributed by atoms with Crippen LogP contribution in [0.3, 0.4) is 0 Å². The molecule has 3 aromatic carbocycles. The number of sulfonamides is 1. The molecule has 0 spiro atoms. The van der Waals surface area contributed by atoms with E-state index in [4.69, 9.17) is 26.1 Å². The van der Waals surface area contributed by atoms with E-state index in [1.54, 1.807) is 48.4 Å². The second-order valence-corrected chi connectivity index (χ2v) is 12.2. The van der Waals surface area contributed by atoms with E-state index in [-0.39, 0.29) is 16.9 Å². The number of fused-ring (bicyclic) bond motifs is 1. The topological polar surface area (TPSA) is 89.0 Å². The maximum absolute atomic E-state index is 13.8. The summed E-state index contributed by atoms with van der Waals surface area (Å²) >= 11 is 7.73. The van der Waals surface area contributed by atoms with Crippen LogP contribution in [0.2, 0.25) is 5.02 Å². The first-order chi connectivity index (χ1) is 18.3. The fraction of sp³-hybridized carbons (Fsp3) is 0.259. The van der Waals surface area contributed by atoms with Gasteiger partial charge >= 0.3 is 0 Å². The lowest BCUT2D eigenvalue weighted by molar-refractivity contribution is 0.0917. The normalized spacial score (nSPS) is 15.5. The largest absolute Gasteiger partial charge is 0.494 e. The molecule has 0 bridgehead atoms. The third-order valence-electron chi connectivity index (χ3n) is 6.43. The van der Waals surface area contributed by atoms with E-state index in [2.05, 4.69) is 0 Å². The standard InChI is InChI=1S/C27H26ClN3O5S2/c1-30(19-7-4-3-5-8-19)38(33,34)21-12-10-18(11-13-21)26(32)31(17-20-9-6-16-36-20)27-29-24-23(35-2)15-14-22(28)25(24)37-27/h3-5,7-8,10-15,20H,6,9,16-17H2,1-2H3. The van der Waals surface area contributed by atoms with Gasteiger partial charge in [-0.25, -0.2) is 13.4 Å². The molecule has 0 N–H and O–H groups in total. The molecule has 2 heterocycles. The summed E-state index contributed by atoms with van der Waals surface area (Å²) in [5, 5.41) is 0.985. The van der Waals surface area contributed by atoms with Crippen LogP contribution in [0.5, 0.6) is 5.75 Å². The summed E-state index contributed by atoms with van der Waals surface area (Å²) in [4.78, 5) is 20.1. The molecule has 1 atom stereocenters. The van der Waals surface area contributed by atoms with E-state index < -0.39 is 10.0 Å². The molecule has 1 aliphatic heterocycles. The fourth-order valence-corrected chi connectivity index (χ4v) is 6.78. The van der Waals surface area contributed by atoms with E-state index in [1.807, 2.05) is 6.07 Å². The Labute approximate surface area is 230 Å². The molecule has 11 heteroatoms. The number of carbonyl (C=O) groups excluding carboxylic acids is 1. The summed E-state index contributed by atoms with van der Waals surface area (Å²) in [6.07, 6.45) is 1.64. The van der Waals surface area contributed by atoms with E-state index >= 15 is 0 Å². The van der Waals surface area contributed by atoms with Gasteiger partial charge < -0.3 is 9.47 Å². The summed E-state index contributed by atoms with van der Waals surface area (Å²) in [5.74, 6) is 0.253. The Balaban J connectivity index is 1.47. The first-order valence-corrected chi connectivity index (χ1v) is 14.6. The van der Waals surface area contributed by atoms with Crippen LogP contribution < -0.4 is 13.9 Å². The molecule has 1 fully saturated rings. The molecule has 0 aliphatic carbocycles. The minimum atomic E-state index is -3.81. The average molecular weight is 572 g/mol. The van der Waals surface area contributed by atoms with Crippen molar-refractivity contribution in [3.8, 4) is 5.75 Å². The molecular formula is C27H26ClN3O5S2. The number of anilines is 2. The van der Waals surface area contributed by atoms with Gasteiger partial charge in [0, 0.05) is 19.2 Å². The Kier molecular flexibility index (Phi) is 7.58. The number of methoxy groups -OCH3 is 1. The minimum Gasteiger partial charge on any atom is -0.494 e. The molecule has 8 nitrogen and oxygen atoms in total. The molecule has 0 radical (unpaired) electrons.